The fourth-order valence-corrected chi connectivity index (χ4v) is 3.42. The van der Waals surface area contributed by atoms with Gasteiger partial charge in [-0.1, -0.05) is 18.2 Å². The van der Waals surface area contributed by atoms with E-state index in [9.17, 15) is 4.79 Å². The van der Waals surface area contributed by atoms with Crippen LogP contribution >= 0.6 is 0 Å². The maximum Gasteiger partial charge on any atom is 0.228 e. The molecule has 2 aliphatic heterocycles. The van der Waals surface area contributed by atoms with E-state index in [0.29, 0.717) is 18.7 Å². The largest absolute Gasteiger partial charge is 0.493 e. The Balaban J connectivity index is 1.69. The third kappa shape index (κ3) is 3.05. The van der Waals surface area contributed by atoms with Crippen LogP contribution in [0.3, 0.4) is 0 Å². The van der Waals surface area contributed by atoms with Gasteiger partial charge in [0.2, 0.25) is 5.91 Å². The zero-order valence-electron chi connectivity index (χ0n) is 12.8. The molecular weight excluding hydrogens is 264 g/mol. The second-order valence-electron chi connectivity index (χ2n) is 6.28. The van der Waals surface area contributed by atoms with E-state index in [0.717, 1.165) is 30.6 Å². The molecule has 1 saturated heterocycles. The summed E-state index contributed by atoms with van der Waals surface area (Å²) < 4.78 is 5.64. The highest BCUT2D eigenvalue weighted by molar-refractivity contribution is 5.85. The number of carbonyl (C=O) groups excluding carboxylic acids is 1. The summed E-state index contributed by atoms with van der Waals surface area (Å²) in [6.45, 7) is 4.96. The zero-order valence-corrected chi connectivity index (χ0v) is 12.8. The van der Waals surface area contributed by atoms with Gasteiger partial charge in [-0.25, -0.2) is 0 Å². The summed E-state index contributed by atoms with van der Waals surface area (Å²) in [5.41, 5.74) is 1.02. The summed E-state index contributed by atoms with van der Waals surface area (Å²) in [5.74, 6) is 0.910. The Bertz CT molecular complexity index is 517. The number of amides is 1. The Labute approximate surface area is 126 Å². The number of hydrogen-bond donors (Lipinski definition) is 2. The van der Waals surface area contributed by atoms with Gasteiger partial charge in [-0.05, 0) is 39.2 Å². The third-order valence-electron chi connectivity index (χ3n) is 4.66. The lowest BCUT2D eigenvalue weighted by molar-refractivity contribution is -0.124. The number of fused-ring (bicyclic) bond motifs is 1. The molecule has 2 heterocycles. The minimum atomic E-state index is -0.0819. The molecule has 4 heteroatoms. The molecule has 3 rings (SSSR count). The molecule has 21 heavy (non-hydrogen) atoms. The second-order valence-corrected chi connectivity index (χ2v) is 6.28. The summed E-state index contributed by atoms with van der Waals surface area (Å²) in [6.07, 6.45) is 2.92. The van der Waals surface area contributed by atoms with E-state index < -0.39 is 0 Å². The number of piperidine rings is 1. The number of hydrogen-bond acceptors (Lipinski definition) is 3. The maximum absolute atomic E-state index is 12.7. The van der Waals surface area contributed by atoms with Crippen LogP contribution in [0.4, 0.5) is 0 Å². The van der Waals surface area contributed by atoms with Crippen molar-refractivity contribution in [2.24, 2.45) is 0 Å². The lowest BCUT2D eigenvalue weighted by Crippen LogP contribution is -2.55. The van der Waals surface area contributed by atoms with Crippen LogP contribution in [0.2, 0.25) is 0 Å². The zero-order chi connectivity index (χ0) is 14.8. The predicted octanol–water partition coefficient (Wildman–Crippen LogP) is 2.20. The van der Waals surface area contributed by atoms with E-state index in [4.69, 9.17) is 4.74 Å². The van der Waals surface area contributed by atoms with Crippen LogP contribution in [0.25, 0.3) is 0 Å². The van der Waals surface area contributed by atoms with Crippen molar-refractivity contribution in [1.29, 1.82) is 0 Å². The molecule has 0 bridgehead atoms. The lowest BCUT2D eigenvalue weighted by atomic mass is 9.90. The third-order valence-corrected chi connectivity index (χ3v) is 4.66. The van der Waals surface area contributed by atoms with E-state index in [-0.39, 0.29) is 17.9 Å². The molecule has 2 N–H and O–H groups in total. The fraction of sp³-hybridized carbons (Fsp3) is 0.588. The first-order valence-electron chi connectivity index (χ1n) is 7.93. The van der Waals surface area contributed by atoms with Crippen molar-refractivity contribution >= 4 is 5.91 Å². The van der Waals surface area contributed by atoms with E-state index in [1.54, 1.807) is 0 Å². The first-order chi connectivity index (χ1) is 10.1. The summed E-state index contributed by atoms with van der Waals surface area (Å²) in [5, 5.41) is 6.76. The minimum Gasteiger partial charge on any atom is -0.493 e. The number of carbonyl (C=O) groups is 1. The quantitative estimate of drug-likeness (QED) is 0.877. The van der Waals surface area contributed by atoms with Crippen molar-refractivity contribution in [2.45, 2.75) is 57.2 Å². The van der Waals surface area contributed by atoms with Gasteiger partial charge in [-0.3, -0.25) is 4.79 Å². The Kier molecular flexibility index (Phi) is 4.15. The molecule has 0 saturated carbocycles. The van der Waals surface area contributed by atoms with Crippen LogP contribution in [-0.4, -0.2) is 30.6 Å². The van der Waals surface area contributed by atoms with Gasteiger partial charge in [0.25, 0.3) is 0 Å². The number of ether oxygens (including phenoxy) is 1. The van der Waals surface area contributed by atoms with Gasteiger partial charge >= 0.3 is 0 Å². The number of rotatable bonds is 2. The van der Waals surface area contributed by atoms with E-state index in [1.807, 2.05) is 24.3 Å². The van der Waals surface area contributed by atoms with Crippen LogP contribution in [0.5, 0.6) is 5.75 Å². The smallest absolute Gasteiger partial charge is 0.228 e. The molecule has 114 valence electrons. The van der Waals surface area contributed by atoms with Crippen molar-refractivity contribution in [1.82, 2.24) is 10.6 Å². The normalized spacial score (nSPS) is 31.9. The highest BCUT2D eigenvalue weighted by Crippen LogP contribution is 2.33. The Morgan fingerprint density at radius 2 is 2.05 bits per heavy atom. The standard InChI is InChI=1S/C17H24N2O2/c1-11-7-8-15(12(2)18-11)19-17(20)14-9-10-21-16-6-4-3-5-13(14)16/h3-6,11-12,14-15,18H,7-10H2,1-2H3,(H,19,20). The fourth-order valence-electron chi connectivity index (χ4n) is 3.42. The molecule has 2 aliphatic rings. The molecule has 1 fully saturated rings. The highest BCUT2D eigenvalue weighted by atomic mass is 16.5. The first-order valence-corrected chi connectivity index (χ1v) is 7.93. The number of benzene rings is 1. The van der Waals surface area contributed by atoms with Gasteiger partial charge in [0.15, 0.2) is 0 Å². The molecule has 4 unspecified atom stereocenters. The molecule has 4 nitrogen and oxygen atoms in total. The van der Waals surface area contributed by atoms with Crippen LogP contribution in [0.1, 0.15) is 44.6 Å². The van der Waals surface area contributed by atoms with Gasteiger partial charge in [-0.15, -0.1) is 0 Å². The van der Waals surface area contributed by atoms with Gasteiger partial charge in [0.1, 0.15) is 5.75 Å². The lowest BCUT2D eigenvalue weighted by Gasteiger charge is -2.36. The average molecular weight is 288 g/mol. The van der Waals surface area contributed by atoms with Crippen LogP contribution in [-0.2, 0) is 4.79 Å². The van der Waals surface area contributed by atoms with Crippen LogP contribution in [0, 0.1) is 0 Å². The minimum absolute atomic E-state index is 0.0819. The van der Waals surface area contributed by atoms with Crippen molar-refractivity contribution in [2.75, 3.05) is 6.61 Å². The maximum atomic E-state index is 12.7. The van der Waals surface area contributed by atoms with Crippen LogP contribution < -0.4 is 15.4 Å². The van der Waals surface area contributed by atoms with Crippen molar-refractivity contribution in [3.63, 3.8) is 0 Å². The van der Waals surface area contributed by atoms with Gasteiger partial charge in [0.05, 0.1) is 12.5 Å². The van der Waals surface area contributed by atoms with Crippen molar-refractivity contribution in [3.05, 3.63) is 29.8 Å². The SMILES string of the molecule is CC1CCC(NC(=O)C2CCOc3ccccc32)C(C)N1. The van der Waals surface area contributed by atoms with Gasteiger partial charge in [-0.2, -0.15) is 0 Å². The Morgan fingerprint density at radius 1 is 1.24 bits per heavy atom. The topological polar surface area (TPSA) is 50.4 Å². The monoisotopic (exact) mass is 288 g/mol. The van der Waals surface area contributed by atoms with Gasteiger partial charge in [0, 0.05) is 23.7 Å². The molecule has 4 atom stereocenters. The predicted molar refractivity (Wildman–Crippen MR) is 82.5 cm³/mol. The molecule has 0 aliphatic carbocycles. The molecular formula is C17H24N2O2. The molecule has 1 aromatic carbocycles. The highest BCUT2D eigenvalue weighted by Gasteiger charge is 2.31. The summed E-state index contributed by atoms with van der Waals surface area (Å²) in [6, 6.07) is 8.96. The molecule has 0 spiro atoms. The Morgan fingerprint density at radius 3 is 2.86 bits per heavy atom. The van der Waals surface area contributed by atoms with Crippen molar-refractivity contribution < 1.29 is 9.53 Å². The van der Waals surface area contributed by atoms with E-state index >= 15 is 0 Å². The summed E-state index contributed by atoms with van der Waals surface area (Å²) in [4.78, 5) is 12.7. The molecule has 1 amide bonds. The van der Waals surface area contributed by atoms with E-state index in [1.165, 1.54) is 0 Å². The second kappa shape index (κ2) is 6.06. The van der Waals surface area contributed by atoms with Gasteiger partial charge < -0.3 is 15.4 Å². The molecule has 1 aromatic rings. The van der Waals surface area contributed by atoms with Crippen molar-refractivity contribution in [3.8, 4) is 5.75 Å². The number of nitrogens with one attached hydrogen (secondary N) is 2. The summed E-state index contributed by atoms with van der Waals surface area (Å²) >= 11 is 0. The Hall–Kier alpha value is -1.55. The molecule has 0 radical (unpaired) electrons. The van der Waals surface area contributed by atoms with Crippen LogP contribution in [0.15, 0.2) is 24.3 Å². The first kappa shape index (κ1) is 14.4. The number of para-hydroxylation sites is 1. The summed E-state index contributed by atoms with van der Waals surface area (Å²) in [7, 11) is 0. The van der Waals surface area contributed by atoms with E-state index in [2.05, 4.69) is 24.5 Å². The average Bonchev–Trinajstić information content (AvgIpc) is 2.49. The molecule has 0 aromatic heterocycles.